The number of para-hydroxylation sites is 4. The van der Waals surface area contributed by atoms with Crippen LogP contribution < -0.4 is 0 Å². The Balaban J connectivity index is 1.09. The van der Waals surface area contributed by atoms with Crippen LogP contribution in [-0.4, -0.2) is 27.9 Å². The summed E-state index contributed by atoms with van der Waals surface area (Å²) in [5, 5.41) is 12.1. The predicted octanol–water partition coefficient (Wildman–Crippen LogP) is 13.9. The fourth-order valence-corrected chi connectivity index (χ4v) is 11.1. The smallest absolute Gasteiger partial charge is 0.146 e. The Bertz CT molecular complexity index is 4340. The van der Waals surface area contributed by atoms with Crippen LogP contribution in [-0.2, 0) is 6.42 Å². The Morgan fingerprint density at radius 3 is 1.61 bits per heavy atom. The predicted molar refractivity (Wildman–Crippen MR) is 258 cm³/mol. The number of hydrogen-bond donors (Lipinski definition) is 0. The zero-order valence-electron chi connectivity index (χ0n) is 33.4. The Hall–Kier alpha value is -8.22. The van der Waals surface area contributed by atoms with Gasteiger partial charge in [0.05, 0.1) is 55.5 Å². The molecule has 0 spiro atoms. The summed E-state index contributed by atoms with van der Waals surface area (Å²) in [6.45, 7) is 0. The van der Waals surface area contributed by atoms with Crippen LogP contribution in [0.4, 0.5) is 0 Å². The third kappa shape index (κ3) is 4.09. The van der Waals surface area contributed by atoms with Gasteiger partial charge in [0.2, 0.25) is 0 Å². The van der Waals surface area contributed by atoms with E-state index in [4.69, 9.17) is 9.97 Å². The van der Waals surface area contributed by atoms with Crippen LogP contribution in [0.5, 0.6) is 0 Å². The molecule has 288 valence electrons. The maximum atomic E-state index is 5.30. The van der Waals surface area contributed by atoms with E-state index in [0.29, 0.717) is 0 Å². The number of hydrogen-bond acceptors (Lipinski definition) is 2. The summed E-state index contributed by atoms with van der Waals surface area (Å²) < 4.78 is 9.77. The first kappa shape index (κ1) is 32.6. The molecule has 0 saturated carbocycles. The highest BCUT2D eigenvalue weighted by molar-refractivity contribution is 6.24. The van der Waals surface area contributed by atoms with Crippen molar-refractivity contribution in [1.82, 2.24) is 27.9 Å². The van der Waals surface area contributed by atoms with Crippen LogP contribution in [0, 0.1) is 0 Å². The van der Waals surface area contributed by atoms with Gasteiger partial charge in [0.1, 0.15) is 11.3 Å². The molecule has 0 atom stereocenters. The van der Waals surface area contributed by atoms with Gasteiger partial charge in [-0.25, -0.2) is 9.97 Å². The standard InChI is InChI=1S/C56H34N6/c1-3-17-42-35(13-1)39-27-25-34(32-52(39)62-51-24-12-8-20-46(51)58-56(42)62)60-48-22-10-6-16-38(48)41-29-28-40-37-15-5-9-21-47(37)59(53(40)54(41)60)33-26-30-49-44(31-33)36-14-2-4-18-43(36)55-57-45-19-7-11-23-50(45)61(49)55/h1-7,9-19,21-32H,8,20H2. The van der Waals surface area contributed by atoms with E-state index in [1.54, 1.807) is 0 Å². The Labute approximate surface area is 353 Å². The van der Waals surface area contributed by atoms with Crippen LogP contribution in [0.3, 0.4) is 0 Å². The molecule has 62 heavy (non-hydrogen) atoms. The van der Waals surface area contributed by atoms with Gasteiger partial charge in [-0.2, -0.15) is 0 Å². The summed E-state index contributed by atoms with van der Waals surface area (Å²) in [6, 6.07) is 62.4. The Morgan fingerprint density at radius 2 is 0.903 bits per heavy atom. The lowest BCUT2D eigenvalue weighted by Gasteiger charge is -2.16. The summed E-state index contributed by atoms with van der Waals surface area (Å²) in [5.74, 6) is 0. The second-order valence-corrected chi connectivity index (χ2v) is 16.9. The number of nitrogens with zero attached hydrogens (tertiary/aromatic N) is 6. The average Bonchev–Trinajstić information content (AvgIpc) is 4.10. The average molecular weight is 791 g/mol. The van der Waals surface area contributed by atoms with Crippen molar-refractivity contribution in [3.8, 4) is 11.4 Å². The van der Waals surface area contributed by atoms with Crippen molar-refractivity contribution in [2.45, 2.75) is 12.8 Å². The van der Waals surface area contributed by atoms with E-state index in [0.717, 1.165) is 63.0 Å². The van der Waals surface area contributed by atoms with Crippen LogP contribution in [0.25, 0.3) is 127 Å². The van der Waals surface area contributed by atoms with Gasteiger partial charge >= 0.3 is 0 Å². The second-order valence-electron chi connectivity index (χ2n) is 16.9. The van der Waals surface area contributed by atoms with Crippen LogP contribution in [0.1, 0.15) is 17.8 Å². The Morgan fingerprint density at radius 1 is 0.371 bits per heavy atom. The summed E-state index contributed by atoms with van der Waals surface area (Å²) in [7, 11) is 0. The summed E-state index contributed by atoms with van der Waals surface area (Å²) in [6.07, 6.45) is 6.53. The minimum Gasteiger partial charge on any atom is -0.307 e. The first-order valence-corrected chi connectivity index (χ1v) is 21.5. The quantitative estimate of drug-likeness (QED) is 0.164. The van der Waals surface area contributed by atoms with Crippen molar-refractivity contribution in [3.05, 3.63) is 187 Å². The van der Waals surface area contributed by atoms with Crippen LogP contribution in [0.2, 0.25) is 0 Å². The molecule has 6 heteroatoms. The third-order valence-corrected chi connectivity index (χ3v) is 13.7. The zero-order valence-corrected chi connectivity index (χ0v) is 33.4. The molecule has 14 aromatic rings. The van der Waals surface area contributed by atoms with Crippen molar-refractivity contribution in [2.75, 3.05) is 0 Å². The van der Waals surface area contributed by atoms with Gasteiger partial charge in [-0.3, -0.25) is 8.80 Å². The number of benzene rings is 8. The number of aryl methyl sites for hydroxylation is 1. The molecule has 0 saturated heterocycles. The number of fused-ring (bicyclic) bond motifs is 23. The van der Waals surface area contributed by atoms with Crippen molar-refractivity contribution in [3.63, 3.8) is 0 Å². The summed E-state index contributed by atoms with van der Waals surface area (Å²) in [4.78, 5) is 10.5. The van der Waals surface area contributed by atoms with Gasteiger partial charge in [0.25, 0.3) is 0 Å². The van der Waals surface area contributed by atoms with Crippen molar-refractivity contribution >= 4 is 115 Å². The molecule has 0 aliphatic heterocycles. The minimum atomic E-state index is 0.951. The maximum absolute atomic E-state index is 5.30. The normalized spacial score (nSPS) is 13.3. The van der Waals surface area contributed by atoms with Crippen molar-refractivity contribution in [2.24, 2.45) is 0 Å². The molecule has 0 amide bonds. The topological polar surface area (TPSA) is 44.5 Å². The number of aromatic nitrogens is 6. The lowest BCUT2D eigenvalue weighted by molar-refractivity contribution is 0.943. The molecule has 0 N–H and O–H groups in total. The number of allylic oxidation sites excluding steroid dienone is 1. The second kappa shape index (κ2) is 11.7. The molecule has 1 aliphatic rings. The number of pyridine rings is 2. The van der Waals surface area contributed by atoms with Gasteiger partial charge < -0.3 is 9.13 Å². The first-order chi connectivity index (χ1) is 30.8. The van der Waals surface area contributed by atoms with Gasteiger partial charge in [-0.1, -0.05) is 121 Å². The lowest BCUT2D eigenvalue weighted by Crippen LogP contribution is -2.01. The molecule has 1 aliphatic carbocycles. The monoisotopic (exact) mass is 790 g/mol. The van der Waals surface area contributed by atoms with Crippen LogP contribution >= 0.6 is 0 Å². The molecular formula is C56H34N6. The molecule has 15 rings (SSSR count). The van der Waals surface area contributed by atoms with E-state index in [1.807, 2.05) is 0 Å². The summed E-state index contributed by atoms with van der Waals surface area (Å²) >= 11 is 0. The van der Waals surface area contributed by atoms with E-state index in [-0.39, 0.29) is 0 Å². The molecule has 6 nitrogen and oxygen atoms in total. The van der Waals surface area contributed by atoms with E-state index >= 15 is 0 Å². The molecule has 6 aromatic heterocycles. The number of rotatable bonds is 2. The van der Waals surface area contributed by atoms with Crippen molar-refractivity contribution in [1.29, 1.82) is 0 Å². The SMILES string of the molecule is C1=Cc2c(nc3c4ccccc4c4ccc(-n5c6ccccc6c6ccc7c8ccccc8n(-c8ccc9c(c8)c8ccccc8c8nc%10ccccc%10n98)c7c65)cc4n23)CC1. The zero-order chi connectivity index (χ0) is 40.2. The van der Waals surface area contributed by atoms with E-state index in [1.165, 1.54) is 81.9 Å². The third-order valence-electron chi connectivity index (χ3n) is 13.7. The molecule has 0 unspecified atom stereocenters. The number of imidazole rings is 2. The highest BCUT2D eigenvalue weighted by Crippen LogP contribution is 2.44. The van der Waals surface area contributed by atoms with E-state index in [9.17, 15) is 0 Å². The molecular weight excluding hydrogens is 757 g/mol. The fourth-order valence-electron chi connectivity index (χ4n) is 11.1. The van der Waals surface area contributed by atoms with E-state index in [2.05, 4.69) is 200 Å². The Kier molecular flexibility index (Phi) is 6.18. The van der Waals surface area contributed by atoms with Gasteiger partial charge in [-0.05, 0) is 84.3 Å². The van der Waals surface area contributed by atoms with Gasteiger partial charge in [0.15, 0.2) is 0 Å². The van der Waals surface area contributed by atoms with Crippen molar-refractivity contribution < 1.29 is 0 Å². The van der Waals surface area contributed by atoms with E-state index < -0.39 is 0 Å². The maximum Gasteiger partial charge on any atom is 0.146 e. The molecule has 0 bridgehead atoms. The lowest BCUT2D eigenvalue weighted by atomic mass is 10.0. The summed E-state index contributed by atoms with van der Waals surface area (Å²) in [5.41, 5.74) is 15.7. The largest absolute Gasteiger partial charge is 0.307 e. The minimum absolute atomic E-state index is 0.951. The molecule has 0 radical (unpaired) electrons. The fraction of sp³-hybridized carbons (Fsp3) is 0.0357. The first-order valence-electron chi connectivity index (χ1n) is 21.5. The van der Waals surface area contributed by atoms with Gasteiger partial charge in [0, 0.05) is 54.5 Å². The van der Waals surface area contributed by atoms with Gasteiger partial charge in [-0.15, -0.1) is 0 Å². The molecule has 0 fully saturated rings. The highest BCUT2D eigenvalue weighted by Gasteiger charge is 2.24. The molecule has 6 heterocycles. The van der Waals surface area contributed by atoms with Crippen LogP contribution in [0.15, 0.2) is 176 Å². The molecule has 8 aromatic carbocycles. The highest BCUT2D eigenvalue weighted by atomic mass is 15.1.